The van der Waals surface area contributed by atoms with E-state index in [0.29, 0.717) is 13.1 Å². The summed E-state index contributed by atoms with van der Waals surface area (Å²) >= 11 is 0. The van der Waals surface area contributed by atoms with Gasteiger partial charge in [0.1, 0.15) is 5.75 Å². The molecule has 0 unspecified atom stereocenters. The Balaban J connectivity index is 2.07. The van der Waals surface area contributed by atoms with E-state index in [1.165, 1.54) is 6.26 Å². The van der Waals surface area contributed by atoms with Gasteiger partial charge in [-0.2, -0.15) is 4.31 Å². The molecular formula is C14H22N2O3S. The van der Waals surface area contributed by atoms with E-state index < -0.39 is 10.0 Å². The van der Waals surface area contributed by atoms with E-state index in [-0.39, 0.29) is 6.04 Å². The maximum absolute atomic E-state index is 11.5. The molecule has 0 N–H and O–H groups in total. The Morgan fingerprint density at radius 2 is 1.75 bits per heavy atom. The summed E-state index contributed by atoms with van der Waals surface area (Å²) < 4.78 is 30.0. The molecule has 0 radical (unpaired) electrons. The van der Waals surface area contributed by atoms with Gasteiger partial charge in [0.25, 0.3) is 0 Å². The fraction of sp³-hybridized carbons (Fsp3) is 0.571. The van der Waals surface area contributed by atoms with Crippen molar-refractivity contribution in [3.63, 3.8) is 0 Å². The van der Waals surface area contributed by atoms with Crippen LogP contribution in [0, 0.1) is 0 Å². The van der Waals surface area contributed by atoms with Crippen molar-refractivity contribution in [2.75, 3.05) is 39.5 Å². The van der Waals surface area contributed by atoms with Crippen molar-refractivity contribution >= 4 is 10.0 Å². The summed E-state index contributed by atoms with van der Waals surface area (Å²) in [5.41, 5.74) is 1.14. The Hall–Kier alpha value is -1.11. The van der Waals surface area contributed by atoms with E-state index in [0.717, 1.165) is 24.4 Å². The molecule has 0 bridgehead atoms. The number of hydrogen-bond donors (Lipinski definition) is 0. The number of ether oxygens (including phenoxy) is 1. The van der Waals surface area contributed by atoms with Gasteiger partial charge in [0.2, 0.25) is 10.0 Å². The first-order valence-corrected chi connectivity index (χ1v) is 8.60. The zero-order valence-corrected chi connectivity index (χ0v) is 13.1. The van der Waals surface area contributed by atoms with Crippen LogP contribution in [0.2, 0.25) is 0 Å². The Morgan fingerprint density at radius 1 is 1.15 bits per heavy atom. The third-order valence-electron chi connectivity index (χ3n) is 3.88. The van der Waals surface area contributed by atoms with Crippen molar-refractivity contribution in [2.24, 2.45) is 0 Å². The summed E-state index contributed by atoms with van der Waals surface area (Å²) in [6.07, 6.45) is 1.27. The highest BCUT2D eigenvalue weighted by molar-refractivity contribution is 7.88. The SMILES string of the molecule is COc1ccccc1[C@@H](C)N1CCN(S(C)(=O)=O)CC1. The number of hydrogen-bond acceptors (Lipinski definition) is 4. The van der Waals surface area contributed by atoms with Gasteiger partial charge >= 0.3 is 0 Å². The molecule has 1 aromatic rings. The molecule has 1 atom stereocenters. The molecule has 1 aliphatic rings. The second-order valence-corrected chi connectivity index (χ2v) is 7.10. The van der Waals surface area contributed by atoms with Gasteiger partial charge in [0.05, 0.1) is 13.4 Å². The van der Waals surface area contributed by atoms with Gasteiger partial charge in [-0.15, -0.1) is 0 Å². The van der Waals surface area contributed by atoms with Crippen molar-refractivity contribution < 1.29 is 13.2 Å². The maximum atomic E-state index is 11.5. The third-order valence-corrected chi connectivity index (χ3v) is 5.18. The van der Waals surface area contributed by atoms with Crippen LogP contribution in [0.3, 0.4) is 0 Å². The smallest absolute Gasteiger partial charge is 0.211 e. The average molecular weight is 298 g/mol. The average Bonchev–Trinajstić information content (AvgIpc) is 2.45. The molecule has 0 amide bonds. The lowest BCUT2D eigenvalue weighted by Crippen LogP contribution is -2.48. The van der Waals surface area contributed by atoms with E-state index in [2.05, 4.69) is 17.9 Å². The van der Waals surface area contributed by atoms with E-state index >= 15 is 0 Å². The monoisotopic (exact) mass is 298 g/mol. The maximum Gasteiger partial charge on any atom is 0.211 e. The Morgan fingerprint density at radius 3 is 2.30 bits per heavy atom. The molecule has 112 valence electrons. The first kappa shape index (κ1) is 15.3. The largest absolute Gasteiger partial charge is 0.496 e. The summed E-state index contributed by atoms with van der Waals surface area (Å²) in [4.78, 5) is 2.29. The molecule has 1 aromatic carbocycles. The highest BCUT2D eigenvalue weighted by atomic mass is 32.2. The van der Waals surface area contributed by atoms with Crippen molar-refractivity contribution in [1.29, 1.82) is 0 Å². The van der Waals surface area contributed by atoms with Gasteiger partial charge in [-0.25, -0.2) is 8.42 Å². The zero-order valence-electron chi connectivity index (χ0n) is 12.2. The summed E-state index contributed by atoms with van der Waals surface area (Å²) in [5, 5.41) is 0. The predicted octanol–water partition coefficient (Wildman–Crippen LogP) is 1.33. The molecule has 20 heavy (non-hydrogen) atoms. The molecule has 1 fully saturated rings. The minimum Gasteiger partial charge on any atom is -0.496 e. The van der Waals surface area contributed by atoms with Gasteiger partial charge in [-0.05, 0) is 13.0 Å². The quantitative estimate of drug-likeness (QED) is 0.841. The molecule has 0 saturated carbocycles. The van der Waals surface area contributed by atoms with Crippen molar-refractivity contribution in [1.82, 2.24) is 9.21 Å². The summed E-state index contributed by atoms with van der Waals surface area (Å²) in [5.74, 6) is 0.880. The first-order valence-electron chi connectivity index (χ1n) is 6.75. The van der Waals surface area contributed by atoms with Crippen molar-refractivity contribution in [2.45, 2.75) is 13.0 Å². The van der Waals surface area contributed by atoms with Crippen molar-refractivity contribution in [3.05, 3.63) is 29.8 Å². The van der Waals surface area contributed by atoms with E-state index in [1.807, 2.05) is 18.2 Å². The fourth-order valence-electron chi connectivity index (χ4n) is 2.63. The minimum absolute atomic E-state index is 0.216. The molecule has 1 heterocycles. The number of para-hydroxylation sites is 1. The predicted molar refractivity (Wildman–Crippen MR) is 79.4 cm³/mol. The highest BCUT2D eigenvalue weighted by Crippen LogP contribution is 2.29. The molecule has 2 rings (SSSR count). The number of sulfonamides is 1. The molecule has 0 aliphatic carbocycles. The van der Waals surface area contributed by atoms with Crippen LogP contribution < -0.4 is 4.74 Å². The van der Waals surface area contributed by atoms with Gasteiger partial charge < -0.3 is 4.74 Å². The standard InChI is InChI=1S/C14H22N2O3S/c1-12(13-6-4-5-7-14(13)19-2)15-8-10-16(11-9-15)20(3,17)18/h4-7,12H,8-11H2,1-3H3/t12-/m1/s1. The molecular weight excluding hydrogens is 276 g/mol. The Labute approximate surface area is 121 Å². The highest BCUT2D eigenvalue weighted by Gasteiger charge is 2.27. The van der Waals surface area contributed by atoms with Gasteiger partial charge in [0, 0.05) is 37.8 Å². The lowest BCUT2D eigenvalue weighted by Gasteiger charge is -2.37. The second kappa shape index (κ2) is 6.11. The Kier molecular flexibility index (Phi) is 4.67. The molecule has 0 aromatic heterocycles. The first-order chi connectivity index (χ1) is 9.43. The number of rotatable bonds is 4. The topological polar surface area (TPSA) is 49.9 Å². The number of benzene rings is 1. The number of methoxy groups -OCH3 is 1. The third kappa shape index (κ3) is 3.31. The minimum atomic E-state index is -3.07. The molecule has 6 heteroatoms. The van der Waals surface area contributed by atoms with Crippen LogP contribution in [0.5, 0.6) is 5.75 Å². The lowest BCUT2D eigenvalue weighted by atomic mass is 10.1. The second-order valence-electron chi connectivity index (χ2n) is 5.12. The van der Waals surface area contributed by atoms with E-state index in [1.54, 1.807) is 11.4 Å². The number of nitrogens with zero attached hydrogens (tertiary/aromatic N) is 2. The molecule has 1 aliphatic heterocycles. The summed E-state index contributed by atoms with van der Waals surface area (Å²) in [6.45, 7) is 4.73. The molecule has 1 saturated heterocycles. The zero-order chi connectivity index (χ0) is 14.8. The Bertz CT molecular complexity index is 551. The van der Waals surface area contributed by atoms with E-state index in [9.17, 15) is 8.42 Å². The van der Waals surface area contributed by atoms with Crippen LogP contribution in [0.15, 0.2) is 24.3 Å². The van der Waals surface area contributed by atoms with Crippen molar-refractivity contribution in [3.8, 4) is 5.75 Å². The van der Waals surface area contributed by atoms with Crippen LogP contribution in [-0.2, 0) is 10.0 Å². The van der Waals surface area contributed by atoms with Gasteiger partial charge in [-0.1, -0.05) is 18.2 Å². The summed E-state index contributed by atoms with van der Waals surface area (Å²) in [7, 11) is -1.40. The molecule has 5 nitrogen and oxygen atoms in total. The van der Waals surface area contributed by atoms with Crippen LogP contribution in [0.1, 0.15) is 18.5 Å². The number of piperazine rings is 1. The van der Waals surface area contributed by atoms with Crippen LogP contribution in [0.4, 0.5) is 0 Å². The fourth-order valence-corrected chi connectivity index (χ4v) is 3.46. The van der Waals surface area contributed by atoms with Crippen LogP contribution in [-0.4, -0.2) is 57.2 Å². The van der Waals surface area contributed by atoms with Gasteiger partial charge in [-0.3, -0.25) is 4.90 Å². The normalized spacial score (nSPS) is 19.8. The van der Waals surface area contributed by atoms with E-state index in [4.69, 9.17) is 4.74 Å². The van der Waals surface area contributed by atoms with Crippen LogP contribution >= 0.6 is 0 Å². The molecule has 0 spiro atoms. The van der Waals surface area contributed by atoms with Crippen LogP contribution in [0.25, 0.3) is 0 Å². The lowest BCUT2D eigenvalue weighted by molar-refractivity contribution is 0.144. The summed E-state index contributed by atoms with van der Waals surface area (Å²) in [6, 6.07) is 8.19. The van der Waals surface area contributed by atoms with Gasteiger partial charge in [0.15, 0.2) is 0 Å².